The quantitative estimate of drug-likeness (QED) is 0.619. The van der Waals surface area contributed by atoms with Gasteiger partial charge in [0.15, 0.2) is 6.73 Å². The van der Waals surface area contributed by atoms with E-state index in [0.29, 0.717) is 0 Å². The van der Waals surface area contributed by atoms with Crippen molar-refractivity contribution >= 4 is 5.97 Å². The highest BCUT2D eigenvalue weighted by Gasteiger charge is 2.00. The summed E-state index contributed by atoms with van der Waals surface area (Å²) in [6, 6.07) is 1.93. The minimum Gasteiger partial charge on any atom is -0.443 e. The zero-order valence-electron chi connectivity index (χ0n) is 7.50. The van der Waals surface area contributed by atoms with Crippen LogP contribution in [0.5, 0.6) is 0 Å². The molecule has 4 heteroatoms. The first-order chi connectivity index (χ1) is 5.59. The third kappa shape index (κ3) is 2.08. The number of aryl methyl sites for hydroxylation is 2. The highest BCUT2D eigenvalue weighted by atomic mass is 16.5. The average molecular weight is 168 g/mol. The molecule has 0 atom stereocenters. The molecule has 1 aromatic heterocycles. The molecule has 0 aromatic carbocycles. The van der Waals surface area contributed by atoms with Gasteiger partial charge in [-0.05, 0) is 19.9 Å². The van der Waals surface area contributed by atoms with Crippen LogP contribution in [0.2, 0.25) is 0 Å². The van der Waals surface area contributed by atoms with Crippen LogP contribution in [0.1, 0.15) is 18.3 Å². The van der Waals surface area contributed by atoms with Crippen molar-refractivity contribution in [3.8, 4) is 0 Å². The standard InChI is InChI=1S/C8H12N2O2/c1-6-4-7(2)10(9-6)5-12-8(3)11/h4H,5H2,1-3H3. The van der Waals surface area contributed by atoms with Crippen molar-refractivity contribution < 1.29 is 9.53 Å². The van der Waals surface area contributed by atoms with Gasteiger partial charge >= 0.3 is 5.97 Å². The molecular weight excluding hydrogens is 156 g/mol. The van der Waals surface area contributed by atoms with Crippen LogP contribution in [-0.2, 0) is 16.3 Å². The smallest absolute Gasteiger partial charge is 0.304 e. The Labute approximate surface area is 71.1 Å². The maximum atomic E-state index is 10.5. The summed E-state index contributed by atoms with van der Waals surface area (Å²) in [7, 11) is 0. The number of carbonyl (C=O) groups excluding carboxylic acids is 1. The molecule has 1 aromatic rings. The first-order valence-corrected chi connectivity index (χ1v) is 3.74. The van der Waals surface area contributed by atoms with Crippen LogP contribution in [-0.4, -0.2) is 15.7 Å². The van der Waals surface area contributed by atoms with Crippen molar-refractivity contribution in [2.24, 2.45) is 0 Å². The van der Waals surface area contributed by atoms with Gasteiger partial charge in [0, 0.05) is 12.6 Å². The maximum Gasteiger partial charge on any atom is 0.304 e. The van der Waals surface area contributed by atoms with Crippen LogP contribution in [0, 0.1) is 13.8 Å². The molecule has 4 nitrogen and oxygen atoms in total. The summed E-state index contributed by atoms with van der Waals surface area (Å²) in [6.45, 7) is 5.40. The highest BCUT2D eigenvalue weighted by molar-refractivity contribution is 5.65. The number of ether oxygens (including phenoxy) is 1. The fourth-order valence-electron chi connectivity index (χ4n) is 0.958. The van der Waals surface area contributed by atoms with Gasteiger partial charge in [0.1, 0.15) is 0 Å². The van der Waals surface area contributed by atoms with E-state index in [1.54, 1.807) is 4.68 Å². The Morgan fingerprint density at radius 3 is 2.75 bits per heavy atom. The second-order valence-corrected chi connectivity index (χ2v) is 2.69. The molecule has 0 N–H and O–H groups in total. The van der Waals surface area contributed by atoms with Gasteiger partial charge in [-0.25, -0.2) is 4.68 Å². The summed E-state index contributed by atoms with van der Waals surface area (Å²) in [5, 5.41) is 4.12. The van der Waals surface area contributed by atoms with E-state index in [1.165, 1.54) is 6.92 Å². The molecule has 12 heavy (non-hydrogen) atoms. The van der Waals surface area contributed by atoms with Gasteiger partial charge in [-0.15, -0.1) is 0 Å². The Kier molecular flexibility index (Phi) is 2.47. The Balaban J connectivity index is 2.62. The number of rotatable bonds is 2. The van der Waals surface area contributed by atoms with Crippen LogP contribution in [0.3, 0.4) is 0 Å². The van der Waals surface area contributed by atoms with Crippen molar-refractivity contribution in [3.63, 3.8) is 0 Å². The molecule has 0 saturated carbocycles. The van der Waals surface area contributed by atoms with E-state index in [4.69, 9.17) is 4.74 Å². The fourth-order valence-corrected chi connectivity index (χ4v) is 0.958. The Morgan fingerprint density at radius 2 is 2.33 bits per heavy atom. The minimum atomic E-state index is -0.289. The molecule has 0 aliphatic carbocycles. The molecule has 0 aliphatic heterocycles. The highest BCUT2D eigenvalue weighted by Crippen LogP contribution is 2.01. The Morgan fingerprint density at radius 1 is 1.67 bits per heavy atom. The van der Waals surface area contributed by atoms with Gasteiger partial charge in [-0.3, -0.25) is 4.79 Å². The lowest BCUT2D eigenvalue weighted by Gasteiger charge is -2.03. The molecule has 0 radical (unpaired) electrons. The van der Waals surface area contributed by atoms with Gasteiger partial charge in [0.2, 0.25) is 0 Å². The van der Waals surface area contributed by atoms with E-state index in [1.807, 2.05) is 19.9 Å². The lowest BCUT2D eigenvalue weighted by atomic mass is 10.4. The van der Waals surface area contributed by atoms with Crippen molar-refractivity contribution in [2.75, 3.05) is 0 Å². The monoisotopic (exact) mass is 168 g/mol. The van der Waals surface area contributed by atoms with Gasteiger partial charge in [0.25, 0.3) is 0 Å². The summed E-state index contributed by atoms with van der Waals surface area (Å²) in [6.07, 6.45) is 0. The number of nitrogens with zero attached hydrogens (tertiary/aromatic N) is 2. The largest absolute Gasteiger partial charge is 0.443 e. The minimum absolute atomic E-state index is 0.203. The molecular formula is C8H12N2O2. The van der Waals surface area contributed by atoms with Crippen LogP contribution < -0.4 is 0 Å². The summed E-state index contributed by atoms with van der Waals surface area (Å²) >= 11 is 0. The van der Waals surface area contributed by atoms with Gasteiger partial charge < -0.3 is 4.74 Å². The maximum absolute atomic E-state index is 10.5. The van der Waals surface area contributed by atoms with Crippen molar-refractivity contribution in [1.29, 1.82) is 0 Å². The zero-order chi connectivity index (χ0) is 9.14. The van der Waals surface area contributed by atoms with Crippen LogP contribution in [0.4, 0.5) is 0 Å². The topological polar surface area (TPSA) is 44.1 Å². The third-order valence-electron chi connectivity index (χ3n) is 1.49. The van der Waals surface area contributed by atoms with Crippen LogP contribution >= 0.6 is 0 Å². The van der Waals surface area contributed by atoms with Crippen LogP contribution in [0.25, 0.3) is 0 Å². The van der Waals surface area contributed by atoms with E-state index in [0.717, 1.165) is 11.4 Å². The second kappa shape index (κ2) is 3.38. The molecule has 66 valence electrons. The number of carbonyl (C=O) groups is 1. The summed E-state index contributed by atoms with van der Waals surface area (Å²) in [4.78, 5) is 10.5. The van der Waals surface area contributed by atoms with E-state index in [2.05, 4.69) is 5.10 Å². The summed E-state index contributed by atoms with van der Waals surface area (Å²) < 4.78 is 6.43. The van der Waals surface area contributed by atoms with E-state index in [-0.39, 0.29) is 12.7 Å². The molecule has 0 bridgehead atoms. The van der Waals surface area contributed by atoms with E-state index in [9.17, 15) is 4.79 Å². The van der Waals surface area contributed by atoms with Gasteiger partial charge in [0.05, 0.1) is 5.69 Å². The predicted molar refractivity (Wildman–Crippen MR) is 43.5 cm³/mol. The SMILES string of the molecule is CC(=O)OCn1nc(C)cc1C. The molecule has 0 amide bonds. The summed E-state index contributed by atoms with van der Waals surface area (Å²) in [5.74, 6) is -0.289. The Hall–Kier alpha value is -1.32. The molecule has 1 heterocycles. The van der Waals surface area contributed by atoms with Gasteiger partial charge in [-0.1, -0.05) is 0 Å². The average Bonchev–Trinajstić information content (AvgIpc) is 2.26. The number of hydrogen-bond donors (Lipinski definition) is 0. The first-order valence-electron chi connectivity index (χ1n) is 3.74. The van der Waals surface area contributed by atoms with E-state index >= 15 is 0 Å². The normalized spacial score (nSPS) is 9.92. The molecule has 0 fully saturated rings. The van der Waals surface area contributed by atoms with E-state index < -0.39 is 0 Å². The fraction of sp³-hybridized carbons (Fsp3) is 0.500. The van der Waals surface area contributed by atoms with Crippen molar-refractivity contribution in [1.82, 2.24) is 9.78 Å². The molecule has 1 rings (SSSR count). The first kappa shape index (κ1) is 8.77. The van der Waals surface area contributed by atoms with Gasteiger partial charge in [-0.2, -0.15) is 5.10 Å². The number of esters is 1. The number of aromatic nitrogens is 2. The lowest BCUT2D eigenvalue weighted by molar-refractivity contribution is -0.145. The van der Waals surface area contributed by atoms with Crippen LogP contribution in [0.15, 0.2) is 6.07 Å². The third-order valence-corrected chi connectivity index (χ3v) is 1.49. The Bertz CT molecular complexity index is 291. The molecule has 0 unspecified atom stereocenters. The summed E-state index contributed by atoms with van der Waals surface area (Å²) in [5.41, 5.74) is 1.92. The van der Waals surface area contributed by atoms with Crippen molar-refractivity contribution in [3.05, 3.63) is 17.5 Å². The second-order valence-electron chi connectivity index (χ2n) is 2.69. The molecule has 0 aliphatic rings. The predicted octanol–water partition coefficient (Wildman–Crippen LogP) is 1.02. The number of hydrogen-bond acceptors (Lipinski definition) is 3. The molecule has 0 saturated heterocycles. The van der Waals surface area contributed by atoms with Crippen molar-refractivity contribution in [2.45, 2.75) is 27.5 Å². The zero-order valence-corrected chi connectivity index (χ0v) is 7.50. The molecule has 0 spiro atoms. The lowest BCUT2D eigenvalue weighted by Crippen LogP contribution is -2.08.